The van der Waals surface area contributed by atoms with Crippen LogP contribution >= 0.6 is 0 Å². The fourth-order valence-corrected chi connectivity index (χ4v) is 14.0. The molecule has 19 heterocycles. The van der Waals surface area contributed by atoms with Crippen LogP contribution in [0.1, 0.15) is 219 Å². The molecule has 0 saturated heterocycles. The van der Waals surface area contributed by atoms with Crippen molar-refractivity contribution in [3.8, 4) is 0 Å². The van der Waals surface area contributed by atoms with E-state index >= 15 is 0 Å². The average Bonchev–Trinajstić information content (AvgIpc) is 1.62. The number of carbonyl (C=O) groups is 1. The third-order valence-corrected chi connectivity index (χ3v) is 20.4. The van der Waals surface area contributed by atoms with Crippen LogP contribution in [0.4, 0.5) is 11.6 Å². The number of H-pyrrole nitrogens is 4. The third-order valence-electron chi connectivity index (χ3n) is 20.4. The minimum absolute atomic E-state index is 0.00412. The van der Waals surface area contributed by atoms with Gasteiger partial charge >= 0.3 is 0 Å². The van der Waals surface area contributed by atoms with E-state index in [0.29, 0.717) is 134 Å². The van der Waals surface area contributed by atoms with E-state index in [1.165, 1.54) is 4.40 Å². The Morgan fingerprint density at radius 1 is 0.449 bits per heavy atom. The fraction of sp³-hybridized carbons (Fsp3) is 0.368. The Bertz CT molecular complexity index is 7190. The van der Waals surface area contributed by atoms with Crippen molar-refractivity contribution < 1.29 is 4.79 Å². The van der Waals surface area contributed by atoms with Crippen molar-refractivity contribution in [2.45, 2.75) is 213 Å². The Morgan fingerprint density at radius 3 is 1.68 bits per heavy atom. The second kappa shape index (κ2) is 38.3. The largest absolute Gasteiger partial charge is 0.397 e. The number of aryl methyl sites for hydroxylation is 3. The van der Waals surface area contributed by atoms with Gasteiger partial charge in [-0.1, -0.05) is 17.9 Å². The number of fused-ring (bicyclic) bond motifs is 11. The molecule has 0 saturated carbocycles. The molecular formula is C87H108N32O8. The number of carbonyl (C=O) groups excluding carboxylic acids is 1. The molecule has 20 rings (SSSR count). The van der Waals surface area contributed by atoms with Gasteiger partial charge < -0.3 is 63.0 Å². The van der Waals surface area contributed by atoms with Crippen LogP contribution in [0.3, 0.4) is 0 Å². The van der Waals surface area contributed by atoms with Crippen LogP contribution in [0.2, 0.25) is 0 Å². The Hall–Kier alpha value is -15.2. The number of imidazole rings is 7. The molecule has 18 aromatic heterocycles. The highest BCUT2D eigenvalue weighted by Gasteiger charge is 2.23. The number of nitrogens with two attached hydrogens (primary N) is 1. The van der Waals surface area contributed by atoms with Crippen molar-refractivity contribution in [3.05, 3.63) is 249 Å². The SMILES string of the molecule is C=C1Cn2c(nc3c(ccn3C(C)C)c2=O)N1.CC(C)n1ccc(=O)c2nccn21.CC(C)n1ccc(=O)n2ccnc12.CC(C)n1ccc2c(=O)n3ccnc3[nH]c21.CC(C)n1cnc2c(N)ccnc21.CC(C)n1cnc2c1C=CCC2=O.Cc1cc2c(ncn2C(C)C)c(=O)[nH]1.Cc1nc2c(ncn2C(C)C)c(=O)[nH]1.Cc1nc2c(nnn2C(C)C)c(=O)[nH]1. The number of anilines is 2. The minimum atomic E-state index is -0.237. The first-order valence-electron chi connectivity index (χ1n) is 41.7. The lowest BCUT2D eigenvalue weighted by atomic mass is 10.1. The van der Waals surface area contributed by atoms with Crippen molar-refractivity contribution in [2.75, 3.05) is 11.1 Å². The number of ketones is 1. The molecule has 40 nitrogen and oxygen atoms in total. The zero-order valence-corrected chi connectivity index (χ0v) is 75.1. The van der Waals surface area contributed by atoms with E-state index in [2.05, 4.69) is 194 Å². The molecule has 0 spiro atoms. The number of nitrogens with zero attached hydrogens (tertiary/aromatic N) is 26. The number of nitrogens with one attached hydrogen (secondary N) is 5. The highest BCUT2D eigenvalue weighted by molar-refractivity contribution is 6.00. The number of allylic oxidation sites excluding steroid dienone is 2. The molecule has 0 amide bonds. The Balaban J connectivity index is 0.000000130. The van der Waals surface area contributed by atoms with Crippen LogP contribution in [-0.4, -0.2) is 150 Å². The molecule has 1 aliphatic heterocycles. The van der Waals surface area contributed by atoms with Crippen molar-refractivity contribution in [1.82, 2.24) is 144 Å². The summed E-state index contributed by atoms with van der Waals surface area (Å²) in [6.45, 7) is 46.7. The molecule has 0 atom stereocenters. The van der Waals surface area contributed by atoms with Crippen molar-refractivity contribution in [2.24, 2.45) is 0 Å². The van der Waals surface area contributed by atoms with E-state index < -0.39 is 0 Å². The van der Waals surface area contributed by atoms with E-state index in [1.807, 2.05) is 114 Å². The first kappa shape index (κ1) is 91.1. The lowest BCUT2D eigenvalue weighted by Gasteiger charge is -2.12. The smallest absolute Gasteiger partial charge is 0.281 e. The van der Waals surface area contributed by atoms with Gasteiger partial charge in [-0.2, -0.15) is 4.98 Å². The molecule has 18 aromatic rings. The van der Waals surface area contributed by atoms with Gasteiger partial charge in [0.05, 0.1) is 65.6 Å². The molecule has 0 aromatic carbocycles. The normalized spacial score (nSPS) is 12.2. The molecule has 40 heteroatoms. The molecular weight excluding hydrogens is 1620 g/mol. The van der Waals surface area contributed by atoms with Gasteiger partial charge in [0.25, 0.3) is 33.4 Å². The number of hydrogen-bond acceptors (Lipinski definition) is 23. The molecule has 7 N–H and O–H groups in total. The summed E-state index contributed by atoms with van der Waals surface area (Å²) < 4.78 is 24.0. The van der Waals surface area contributed by atoms with Crippen LogP contribution in [0, 0.1) is 20.8 Å². The number of pyridine rings is 2. The maximum atomic E-state index is 12.2. The third kappa shape index (κ3) is 19.5. The lowest BCUT2D eigenvalue weighted by molar-refractivity contribution is 0.0990. The topological polar surface area (TPSA) is 468 Å². The summed E-state index contributed by atoms with van der Waals surface area (Å²) in [6.07, 6.45) is 30.3. The van der Waals surface area contributed by atoms with Crippen LogP contribution in [-0.2, 0) is 6.54 Å². The van der Waals surface area contributed by atoms with Gasteiger partial charge in [-0.15, -0.1) is 5.10 Å². The highest BCUT2D eigenvalue weighted by atomic mass is 16.2. The molecule has 0 unspecified atom stereocenters. The number of aromatic amines is 4. The van der Waals surface area contributed by atoms with Gasteiger partial charge in [-0.3, -0.25) is 56.4 Å². The Kier molecular flexibility index (Phi) is 27.5. The van der Waals surface area contributed by atoms with Gasteiger partial charge in [-0.05, 0) is 176 Å². The zero-order chi connectivity index (χ0) is 92.0. The molecule has 0 fully saturated rings. The number of nitrogen functional groups attached to an aromatic ring is 1. The van der Waals surface area contributed by atoms with E-state index in [0.717, 1.165) is 45.1 Å². The summed E-state index contributed by atoms with van der Waals surface area (Å²) in [5.74, 6) is 3.18. The number of Topliss-reactive ketones (excluding diaryl/α,β-unsaturated/α-hetero) is 1. The van der Waals surface area contributed by atoms with Crippen molar-refractivity contribution in [3.63, 3.8) is 0 Å². The van der Waals surface area contributed by atoms with Crippen LogP contribution in [0.15, 0.2) is 182 Å². The van der Waals surface area contributed by atoms with Gasteiger partial charge in [0, 0.05) is 146 Å². The van der Waals surface area contributed by atoms with E-state index in [4.69, 9.17) is 5.73 Å². The lowest BCUT2D eigenvalue weighted by Crippen LogP contribution is -2.19. The summed E-state index contributed by atoms with van der Waals surface area (Å²) in [5.41, 5.74) is 16.1. The molecule has 1 aliphatic carbocycles. The van der Waals surface area contributed by atoms with Crippen LogP contribution < -0.4 is 49.8 Å². The fourth-order valence-electron chi connectivity index (χ4n) is 14.0. The van der Waals surface area contributed by atoms with Gasteiger partial charge in [-0.25, -0.2) is 59.0 Å². The van der Waals surface area contributed by atoms with E-state index in [1.54, 1.807) is 131 Å². The standard InChI is InChI=1S/C12H14N4O.C11H12N4O.C10H13N3O.C10H12N2O.C9H12N4O.C9H12N4.2C9H11N3O.C8H11N5O/c1-7(2)15-5-4-9-10(15)14-12-13-8(3)6-16(12)11(9)17;1-7(2)14-5-3-8-9(14)13-11-12-4-6-15(11)10(8)16;1-6(2)13-5-11-9-8(13)4-7(3)12-10(9)14;1-7(2)12-6-11-10-8(12)4-3-5-9(10)13;1-5(2)13-4-10-7-8(13)11-6(3)12-9(7)14;1-6(2)13-5-12-8-7(10)3-4-11-9(8)13;1-7(2)11-5-3-8(13)12-6-4-10-9(11)12;1-7(2)11-5-3-8(13)9-10-4-6-12(9)11;1-4(2)13-7-6(11-12-13)8(14)10-5(3)9-7/h4-5,7H,3,6H2,1-2H3,(H,13,14);3-7H,1-2H3,(H,12,13);4-6H,1-3H3,(H,12,14);3-4,6-7H,5H2,1-2H3;4-5H,1-3H3,(H,11,12,14);3-6H,1-2H3,(H2,10,11);2*3-7H,1-2H3;4H,1-3H3,(H,9,10,14). The number of aromatic nitrogens is 30. The van der Waals surface area contributed by atoms with Crippen LogP contribution in [0.5, 0.6) is 0 Å². The summed E-state index contributed by atoms with van der Waals surface area (Å²) in [7, 11) is 0. The van der Waals surface area contributed by atoms with E-state index in [-0.39, 0.29) is 62.7 Å². The van der Waals surface area contributed by atoms with Crippen molar-refractivity contribution in [1.29, 1.82) is 0 Å². The average molecular weight is 1730 g/mol. The maximum absolute atomic E-state index is 12.2. The second-order valence-electron chi connectivity index (χ2n) is 32.8. The maximum Gasteiger partial charge on any atom is 0.281 e. The molecule has 127 heavy (non-hydrogen) atoms. The first-order valence-corrected chi connectivity index (χ1v) is 41.7. The first-order chi connectivity index (χ1) is 60.3. The molecule has 0 radical (unpaired) electrons. The molecule has 2 aliphatic rings. The number of hydrogen-bond donors (Lipinski definition) is 6. The summed E-state index contributed by atoms with van der Waals surface area (Å²) in [6, 6.07) is 13.1. The Labute approximate surface area is 726 Å². The Morgan fingerprint density at radius 2 is 1.02 bits per heavy atom. The predicted octanol–water partition coefficient (Wildman–Crippen LogP) is 12.1. The van der Waals surface area contributed by atoms with E-state index in [9.17, 15) is 38.4 Å². The van der Waals surface area contributed by atoms with Gasteiger partial charge in [0.2, 0.25) is 22.9 Å². The van der Waals surface area contributed by atoms with Crippen molar-refractivity contribution >= 4 is 107 Å². The quantitative estimate of drug-likeness (QED) is 0.0781. The monoisotopic (exact) mass is 1730 g/mol. The zero-order valence-electron chi connectivity index (χ0n) is 75.1. The minimum Gasteiger partial charge on any atom is -0.397 e. The summed E-state index contributed by atoms with van der Waals surface area (Å²) >= 11 is 0. The number of rotatable bonds is 9. The second-order valence-corrected chi connectivity index (χ2v) is 32.8. The highest BCUT2D eigenvalue weighted by Crippen LogP contribution is 2.26. The molecule has 664 valence electrons. The van der Waals surface area contributed by atoms with Gasteiger partial charge in [0.1, 0.15) is 34.2 Å². The van der Waals surface area contributed by atoms with Crippen LogP contribution in [0.25, 0.3) is 89.9 Å². The molecule has 0 bridgehead atoms. The predicted molar refractivity (Wildman–Crippen MR) is 491 cm³/mol. The van der Waals surface area contributed by atoms with Gasteiger partial charge in [0.15, 0.2) is 44.9 Å². The summed E-state index contributed by atoms with van der Waals surface area (Å²) in [5, 5.41) is 12.1. The summed E-state index contributed by atoms with van der Waals surface area (Å²) in [4.78, 5) is 150.